The fourth-order valence-electron chi connectivity index (χ4n) is 1.42. The second kappa shape index (κ2) is 4.88. The molecule has 4 N–H and O–H groups in total. The molecule has 1 heterocycles. The molecule has 0 aliphatic rings. The Labute approximate surface area is 113 Å². The summed E-state index contributed by atoms with van der Waals surface area (Å²) in [5, 5.41) is 9.54. The Balaban J connectivity index is 2.33. The molecule has 0 aliphatic carbocycles. The van der Waals surface area contributed by atoms with Gasteiger partial charge in [-0.3, -0.25) is 9.89 Å². The Morgan fingerprint density at radius 2 is 2.17 bits per heavy atom. The van der Waals surface area contributed by atoms with Crippen molar-refractivity contribution in [3.8, 4) is 0 Å². The minimum atomic E-state index is -0.445. The Kier molecular flexibility index (Phi) is 3.45. The molecule has 18 heavy (non-hydrogen) atoms. The SMILES string of the molecule is Cc1ccc(Cl)c(NC(=O)c2[nH]ncc2N)c1Cl. The van der Waals surface area contributed by atoms with Gasteiger partial charge in [-0.25, -0.2) is 0 Å². The molecule has 0 spiro atoms. The van der Waals surface area contributed by atoms with E-state index in [0.29, 0.717) is 15.7 Å². The van der Waals surface area contributed by atoms with Crippen LogP contribution in [0.15, 0.2) is 18.3 Å². The van der Waals surface area contributed by atoms with E-state index in [1.807, 2.05) is 6.92 Å². The predicted molar refractivity (Wildman–Crippen MR) is 72.2 cm³/mol. The largest absolute Gasteiger partial charge is 0.396 e. The lowest BCUT2D eigenvalue weighted by molar-refractivity contribution is 0.102. The van der Waals surface area contributed by atoms with E-state index in [1.54, 1.807) is 12.1 Å². The molecule has 1 amide bonds. The van der Waals surface area contributed by atoms with E-state index in [2.05, 4.69) is 15.5 Å². The van der Waals surface area contributed by atoms with E-state index in [-0.39, 0.29) is 11.4 Å². The molecule has 0 radical (unpaired) electrons. The highest BCUT2D eigenvalue weighted by Gasteiger charge is 2.16. The quantitative estimate of drug-likeness (QED) is 0.793. The number of halogens is 2. The molecule has 0 unspecified atom stereocenters. The van der Waals surface area contributed by atoms with Crippen molar-refractivity contribution in [1.82, 2.24) is 10.2 Å². The number of nitrogen functional groups attached to an aromatic ring is 1. The number of H-pyrrole nitrogens is 1. The van der Waals surface area contributed by atoms with Gasteiger partial charge in [0.1, 0.15) is 5.69 Å². The van der Waals surface area contributed by atoms with Crippen LogP contribution in [0.4, 0.5) is 11.4 Å². The topological polar surface area (TPSA) is 83.8 Å². The van der Waals surface area contributed by atoms with Crippen molar-refractivity contribution in [2.45, 2.75) is 6.92 Å². The number of nitrogens with two attached hydrogens (primary N) is 1. The number of aryl methyl sites for hydroxylation is 1. The molecule has 0 bridgehead atoms. The van der Waals surface area contributed by atoms with Crippen molar-refractivity contribution in [1.29, 1.82) is 0 Å². The number of benzene rings is 1. The second-order valence-corrected chi connectivity index (χ2v) is 4.49. The summed E-state index contributed by atoms with van der Waals surface area (Å²) in [5.41, 5.74) is 7.18. The first-order valence-electron chi connectivity index (χ1n) is 5.05. The monoisotopic (exact) mass is 284 g/mol. The van der Waals surface area contributed by atoms with Gasteiger partial charge in [-0.2, -0.15) is 5.10 Å². The summed E-state index contributed by atoms with van der Waals surface area (Å²) in [4.78, 5) is 11.9. The molecule has 94 valence electrons. The van der Waals surface area contributed by atoms with Gasteiger partial charge in [0.15, 0.2) is 0 Å². The molecular formula is C11H10Cl2N4O. The molecule has 2 aromatic rings. The molecule has 0 fully saturated rings. The smallest absolute Gasteiger partial charge is 0.275 e. The van der Waals surface area contributed by atoms with Crippen molar-refractivity contribution in [2.75, 3.05) is 11.1 Å². The van der Waals surface area contributed by atoms with Gasteiger partial charge in [-0.15, -0.1) is 0 Å². The van der Waals surface area contributed by atoms with Crippen LogP contribution in [0.25, 0.3) is 0 Å². The summed E-state index contributed by atoms with van der Waals surface area (Å²) in [6, 6.07) is 3.43. The number of hydrogen-bond acceptors (Lipinski definition) is 3. The summed E-state index contributed by atoms with van der Waals surface area (Å²) in [6.07, 6.45) is 1.36. The van der Waals surface area contributed by atoms with Crippen molar-refractivity contribution in [3.05, 3.63) is 39.6 Å². The molecule has 0 saturated heterocycles. The summed E-state index contributed by atoms with van der Waals surface area (Å²) >= 11 is 12.1. The molecule has 1 aromatic carbocycles. The third kappa shape index (κ3) is 2.27. The van der Waals surface area contributed by atoms with Gasteiger partial charge in [0.25, 0.3) is 5.91 Å². The average molecular weight is 285 g/mol. The molecule has 0 saturated carbocycles. The van der Waals surface area contributed by atoms with Crippen LogP contribution in [0.5, 0.6) is 0 Å². The number of nitrogens with zero attached hydrogens (tertiary/aromatic N) is 1. The zero-order valence-corrected chi connectivity index (χ0v) is 10.9. The maximum atomic E-state index is 11.9. The highest BCUT2D eigenvalue weighted by atomic mass is 35.5. The molecule has 5 nitrogen and oxygen atoms in total. The lowest BCUT2D eigenvalue weighted by Crippen LogP contribution is -2.15. The van der Waals surface area contributed by atoms with Crippen LogP contribution in [0.2, 0.25) is 10.0 Å². The van der Waals surface area contributed by atoms with E-state index < -0.39 is 5.91 Å². The summed E-state index contributed by atoms with van der Waals surface area (Å²) in [5.74, 6) is -0.445. The van der Waals surface area contributed by atoms with Crippen molar-refractivity contribution < 1.29 is 4.79 Å². The van der Waals surface area contributed by atoms with Gasteiger partial charge < -0.3 is 11.1 Å². The van der Waals surface area contributed by atoms with Gasteiger partial charge >= 0.3 is 0 Å². The van der Waals surface area contributed by atoms with E-state index >= 15 is 0 Å². The van der Waals surface area contributed by atoms with Crippen molar-refractivity contribution >= 4 is 40.5 Å². The van der Waals surface area contributed by atoms with E-state index in [9.17, 15) is 4.79 Å². The third-order valence-corrected chi connectivity index (χ3v) is 3.22. The minimum Gasteiger partial charge on any atom is -0.396 e. The summed E-state index contributed by atoms with van der Waals surface area (Å²) in [7, 11) is 0. The zero-order valence-electron chi connectivity index (χ0n) is 9.42. The van der Waals surface area contributed by atoms with E-state index in [1.165, 1.54) is 6.20 Å². The number of carbonyl (C=O) groups is 1. The van der Waals surface area contributed by atoms with Crippen LogP contribution in [0.1, 0.15) is 16.1 Å². The molecule has 0 atom stereocenters. The number of carbonyl (C=O) groups excluding carboxylic acids is 1. The standard InChI is InChI=1S/C11H10Cl2N4O/c1-5-2-3-6(12)9(8(5)13)16-11(18)10-7(14)4-15-17-10/h2-4H,14H2,1H3,(H,15,17)(H,16,18). The van der Waals surface area contributed by atoms with E-state index in [0.717, 1.165) is 5.56 Å². The van der Waals surface area contributed by atoms with Crippen LogP contribution >= 0.6 is 23.2 Å². The van der Waals surface area contributed by atoms with Gasteiger partial charge in [0.2, 0.25) is 0 Å². The number of rotatable bonds is 2. The molecule has 1 aromatic heterocycles. The number of hydrogen-bond donors (Lipinski definition) is 3. The highest BCUT2D eigenvalue weighted by molar-refractivity contribution is 6.40. The summed E-state index contributed by atoms with van der Waals surface area (Å²) in [6.45, 7) is 1.82. The molecule has 0 aliphatic heterocycles. The van der Waals surface area contributed by atoms with Crippen LogP contribution in [-0.4, -0.2) is 16.1 Å². The first-order valence-corrected chi connectivity index (χ1v) is 5.81. The average Bonchev–Trinajstić information content (AvgIpc) is 2.76. The lowest BCUT2D eigenvalue weighted by atomic mass is 10.2. The first kappa shape index (κ1) is 12.7. The van der Waals surface area contributed by atoms with Crippen LogP contribution < -0.4 is 11.1 Å². The first-order chi connectivity index (χ1) is 8.50. The zero-order chi connectivity index (χ0) is 13.3. The fourth-order valence-corrected chi connectivity index (χ4v) is 1.89. The third-order valence-electron chi connectivity index (χ3n) is 2.42. The normalized spacial score (nSPS) is 10.4. The Hall–Kier alpha value is -1.72. The van der Waals surface area contributed by atoms with Gasteiger partial charge in [-0.05, 0) is 18.6 Å². The van der Waals surface area contributed by atoms with Gasteiger partial charge in [-0.1, -0.05) is 29.3 Å². The van der Waals surface area contributed by atoms with E-state index in [4.69, 9.17) is 28.9 Å². The van der Waals surface area contributed by atoms with Crippen molar-refractivity contribution in [2.24, 2.45) is 0 Å². The molecular weight excluding hydrogens is 275 g/mol. The van der Waals surface area contributed by atoms with Crippen LogP contribution in [-0.2, 0) is 0 Å². The fraction of sp³-hybridized carbons (Fsp3) is 0.0909. The Bertz CT molecular complexity index is 609. The van der Waals surface area contributed by atoms with Crippen molar-refractivity contribution in [3.63, 3.8) is 0 Å². The summed E-state index contributed by atoms with van der Waals surface area (Å²) < 4.78 is 0. The predicted octanol–water partition coefficient (Wildman–Crippen LogP) is 2.86. The Morgan fingerprint density at radius 1 is 1.44 bits per heavy atom. The number of nitrogens with one attached hydrogen (secondary N) is 2. The van der Waals surface area contributed by atoms with Gasteiger partial charge in [0.05, 0.1) is 27.6 Å². The highest BCUT2D eigenvalue weighted by Crippen LogP contribution is 2.33. The van der Waals surface area contributed by atoms with Crippen LogP contribution in [0, 0.1) is 6.92 Å². The number of amides is 1. The number of aromatic nitrogens is 2. The minimum absolute atomic E-state index is 0.170. The molecule has 2 rings (SSSR count). The second-order valence-electron chi connectivity index (χ2n) is 3.71. The number of aromatic amines is 1. The molecule has 7 heteroatoms. The number of anilines is 2. The van der Waals surface area contributed by atoms with Gasteiger partial charge in [0, 0.05) is 0 Å². The maximum absolute atomic E-state index is 11.9. The lowest BCUT2D eigenvalue weighted by Gasteiger charge is -2.10. The maximum Gasteiger partial charge on any atom is 0.275 e. The Morgan fingerprint density at radius 3 is 2.78 bits per heavy atom. The van der Waals surface area contributed by atoms with Crippen LogP contribution in [0.3, 0.4) is 0 Å².